The van der Waals surface area contributed by atoms with Crippen molar-refractivity contribution >= 4 is 21.5 Å². The molecular weight excluding hydrogens is 877 g/mol. The number of hydrogen-bond donors (Lipinski definition) is 0. The molecule has 73 heavy (non-hydrogen) atoms. The van der Waals surface area contributed by atoms with Crippen LogP contribution in [0.4, 0.5) is 0 Å². The zero-order chi connectivity index (χ0) is 50.0. The molecule has 0 heteroatoms. The number of rotatable bonds is 5. The molecule has 11 aromatic rings. The van der Waals surface area contributed by atoms with Crippen molar-refractivity contribution in [1.29, 1.82) is 0 Å². The third-order valence-corrected chi connectivity index (χ3v) is 16.4. The van der Waals surface area contributed by atoms with Crippen LogP contribution in [0.1, 0.15) is 86.1 Å². The Bertz CT molecular complexity index is 3990. The summed E-state index contributed by atoms with van der Waals surface area (Å²) in [5.74, 6) is 0. The summed E-state index contributed by atoms with van der Waals surface area (Å²) in [6.45, 7) is 18.1. The Morgan fingerprint density at radius 2 is 0.603 bits per heavy atom. The second-order valence-corrected chi connectivity index (χ2v) is 23.0. The third kappa shape index (κ3) is 7.10. The molecule has 0 radical (unpaired) electrons. The van der Waals surface area contributed by atoms with Crippen molar-refractivity contribution in [3.63, 3.8) is 0 Å². The molecule has 352 valence electrons. The van der Waals surface area contributed by atoms with Crippen molar-refractivity contribution in [1.82, 2.24) is 0 Å². The van der Waals surface area contributed by atoms with E-state index in [1.54, 1.807) is 0 Å². The highest BCUT2D eigenvalue weighted by Gasteiger charge is 2.51. The highest BCUT2D eigenvalue weighted by molar-refractivity contribution is 6.22. The van der Waals surface area contributed by atoms with E-state index in [0.29, 0.717) is 0 Å². The fourth-order valence-corrected chi connectivity index (χ4v) is 12.5. The summed E-state index contributed by atoms with van der Waals surface area (Å²) in [6, 6.07) is 83.8. The van der Waals surface area contributed by atoms with Gasteiger partial charge >= 0.3 is 0 Å². The van der Waals surface area contributed by atoms with Gasteiger partial charge in [0, 0.05) is 0 Å². The Balaban J connectivity index is 0.956. The van der Waals surface area contributed by atoms with E-state index in [1.807, 2.05) is 0 Å². The molecular formula is C73H60. The molecule has 2 aliphatic carbocycles. The van der Waals surface area contributed by atoms with Crippen LogP contribution in [-0.2, 0) is 16.2 Å². The van der Waals surface area contributed by atoms with Crippen LogP contribution in [0.2, 0.25) is 0 Å². The van der Waals surface area contributed by atoms with Crippen molar-refractivity contribution in [2.45, 2.75) is 71.6 Å². The molecule has 0 N–H and O–H groups in total. The Hall–Kier alpha value is -8.06. The molecule has 13 rings (SSSR count). The lowest BCUT2D eigenvalue weighted by atomic mass is 9.70. The van der Waals surface area contributed by atoms with Crippen molar-refractivity contribution < 1.29 is 0 Å². The van der Waals surface area contributed by atoms with Gasteiger partial charge in [0.2, 0.25) is 0 Å². The van der Waals surface area contributed by atoms with Crippen molar-refractivity contribution in [2.24, 2.45) is 0 Å². The molecule has 0 aliphatic heterocycles. The van der Waals surface area contributed by atoms with E-state index in [2.05, 4.69) is 274 Å². The summed E-state index contributed by atoms with van der Waals surface area (Å²) in [6.07, 6.45) is 0. The zero-order valence-corrected chi connectivity index (χ0v) is 43.3. The topological polar surface area (TPSA) is 0 Å². The Kier molecular flexibility index (Phi) is 10.1. The van der Waals surface area contributed by atoms with Gasteiger partial charge in [-0.15, -0.1) is 0 Å². The first-order chi connectivity index (χ1) is 35.3. The van der Waals surface area contributed by atoms with Gasteiger partial charge in [0.25, 0.3) is 0 Å². The summed E-state index contributed by atoms with van der Waals surface area (Å²) in [5, 5.41) is 5.10. The van der Waals surface area contributed by atoms with Gasteiger partial charge in [0.05, 0.1) is 5.41 Å². The number of hydrogen-bond acceptors (Lipinski definition) is 0. The van der Waals surface area contributed by atoms with E-state index >= 15 is 0 Å². The largest absolute Gasteiger partial charge is 0.0725 e. The van der Waals surface area contributed by atoms with Gasteiger partial charge in [-0.05, 0) is 176 Å². The lowest BCUT2D eigenvalue weighted by Crippen LogP contribution is -2.26. The summed E-state index contributed by atoms with van der Waals surface area (Å²) in [5.41, 5.74) is 28.0. The first-order valence-corrected chi connectivity index (χ1v) is 26.1. The van der Waals surface area contributed by atoms with Crippen molar-refractivity contribution in [2.75, 3.05) is 0 Å². The first-order valence-electron chi connectivity index (χ1n) is 26.1. The molecule has 1 atom stereocenters. The third-order valence-electron chi connectivity index (χ3n) is 16.4. The predicted molar refractivity (Wildman–Crippen MR) is 312 cm³/mol. The van der Waals surface area contributed by atoms with Gasteiger partial charge in [-0.1, -0.05) is 253 Å². The van der Waals surface area contributed by atoms with Crippen LogP contribution in [0.3, 0.4) is 0 Å². The Labute approximate surface area is 431 Å². The molecule has 0 amide bonds. The fraction of sp³-hybridized carbons (Fsp3) is 0.151. The molecule has 11 aromatic carbocycles. The lowest BCUT2D eigenvalue weighted by molar-refractivity contribution is 0.590. The van der Waals surface area contributed by atoms with Gasteiger partial charge in [-0.3, -0.25) is 0 Å². The SMILES string of the molecule is Cc1ccc(-c2ccc3c(c2)C2(c4ccccc4-3)c3ccccc3-c3ccc(-c4ccc(-c5ccc6c(-c7ccc(C(C)(C)C)cc7)c7cc(C)ccc7c(-c7ccc(C(C)(C)C)cc7)c6c5)cc4)cc32)cc1. The molecule has 0 aromatic heterocycles. The van der Waals surface area contributed by atoms with Crippen LogP contribution in [0.15, 0.2) is 218 Å². The molecule has 0 bridgehead atoms. The number of fused-ring (bicyclic) bond motifs is 12. The fourth-order valence-electron chi connectivity index (χ4n) is 12.5. The minimum atomic E-state index is -0.444. The summed E-state index contributed by atoms with van der Waals surface area (Å²) < 4.78 is 0. The van der Waals surface area contributed by atoms with Crippen molar-refractivity contribution in [3.05, 3.63) is 263 Å². The summed E-state index contributed by atoms with van der Waals surface area (Å²) in [7, 11) is 0. The molecule has 0 heterocycles. The van der Waals surface area contributed by atoms with Crippen LogP contribution in [-0.4, -0.2) is 0 Å². The molecule has 0 nitrogen and oxygen atoms in total. The number of benzene rings is 11. The first kappa shape index (κ1) is 44.8. The zero-order valence-electron chi connectivity index (χ0n) is 43.3. The maximum atomic E-state index is 2.50. The van der Waals surface area contributed by atoms with Crippen LogP contribution in [0, 0.1) is 13.8 Å². The van der Waals surface area contributed by atoms with E-state index in [4.69, 9.17) is 0 Å². The monoisotopic (exact) mass is 936 g/mol. The van der Waals surface area contributed by atoms with E-state index in [9.17, 15) is 0 Å². The molecule has 1 unspecified atom stereocenters. The molecule has 0 fully saturated rings. The minimum absolute atomic E-state index is 0.0632. The smallest absolute Gasteiger partial charge is 0.0619 e. The van der Waals surface area contributed by atoms with Gasteiger partial charge in [0.1, 0.15) is 0 Å². The van der Waals surface area contributed by atoms with E-state index in [-0.39, 0.29) is 10.8 Å². The molecule has 1 spiro atoms. The van der Waals surface area contributed by atoms with E-state index < -0.39 is 5.41 Å². The minimum Gasteiger partial charge on any atom is -0.0619 e. The summed E-state index contributed by atoms with van der Waals surface area (Å²) >= 11 is 0. The van der Waals surface area contributed by atoms with E-state index in [1.165, 1.54) is 144 Å². The number of aryl methyl sites for hydroxylation is 2. The molecule has 0 saturated carbocycles. The van der Waals surface area contributed by atoms with Gasteiger partial charge in [-0.25, -0.2) is 0 Å². The molecule has 2 aliphatic rings. The average Bonchev–Trinajstić information content (AvgIpc) is 3.89. The standard InChI is InChI=1S/C73H60/c1-45-17-20-47(21-18-45)53-30-38-59-57-13-9-11-15-65(57)73(67(59)43-53)66-16-12-10-14-58(66)60-39-31-54(44-68(60)73)49-24-22-48(23-25-49)52-32-40-62-64(42-52)70(51-28-35-56(36-29-51)72(6,7)8)61-37-19-46(2)41-63(61)69(62)50-26-33-55(34-27-50)71(3,4)5/h9-44H,1-8H3. The van der Waals surface area contributed by atoms with Gasteiger partial charge in [0.15, 0.2) is 0 Å². The van der Waals surface area contributed by atoms with Crippen molar-refractivity contribution in [3.8, 4) is 77.9 Å². The average molecular weight is 937 g/mol. The predicted octanol–water partition coefficient (Wildman–Crippen LogP) is 19.9. The van der Waals surface area contributed by atoms with Crippen LogP contribution < -0.4 is 0 Å². The quantitative estimate of drug-likeness (QED) is 0.151. The van der Waals surface area contributed by atoms with Gasteiger partial charge < -0.3 is 0 Å². The second kappa shape index (κ2) is 16.5. The normalized spacial score (nSPS) is 14.6. The van der Waals surface area contributed by atoms with Crippen LogP contribution in [0.5, 0.6) is 0 Å². The highest BCUT2D eigenvalue weighted by Crippen LogP contribution is 2.63. The Morgan fingerprint density at radius 1 is 0.260 bits per heavy atom. The summed E-state index contributed by atoms with van der Waals surface area (Å²) in [4.78, 5) is 0. The molecule has 0 saturated heterocycles. The highest BCUT2D eigenvalue weighted by atomic mass is 14.5. The maximum absolute atomic E-state index is 2.50. The van der Waals surface area contributed by atoms with Gasteiger partial charge in [-0.2, -0.15) is 0 Å². The van der Waals surface area contributed by atoms with Crippen LogP contribution in [0.25, 0.3) is 99.4 Å². The Morgan fingerprint density at radius 3 is 1.07 bits per heavy atom. The maximum Gasteiger partial charge on any atom is 0.0725 e. The lowest BCUT2D eigenvalue weighted by Gasteiger charge is -2.31. The van der Waals surface area contributed by atoms with Crippen LogP contribution >= 0.6 is 0 Å². The second-order valence-electron chi connectivity index (χ2n) is 23.0. The van der Waals surface area contributed by atoms with E-state index in [0.717, 1.165) is 0 Å².